The fourth-order valence-corrected chi connectivity index (χ4v) is 1.51. The molecule has 0 saturated carbocycles. The molecule has 1 amide bonds. The molecular formula is C13H21NO4. The lowest BCUT2D eigenvalue weighted by molar-refractivity contribution is -0.122. The zero-order valence-electron chi connectivity index (χ0n) is 10.9. The second kappa shape index (κ2) is 7.18. The maximum atomic E-state index is 11.5. The van der Waals surface area contributed by atoms with E-state index in [-0.39, 0.29) is 12.5 Å². The summed E-state index contributed by atoms with van der Waals surface area (Å²) in [6.07, 6.45) is 2.57. The van der Waals surface area contributed by atoms with E-state index in [1.807, 2.05) is 6.92 Å². The van der Waals surface area contributed by atoms with Gasteiger partial charge in [0.2, 0.25) is 5.91 Å². The molecule has 1 aromatic heterocycles. The van der Waals surface area contributed by atoms with Crippen molar-refractivity contribution < 1.29 is 19.1 Å². The molecule has 0 aliphatic heterocycles. The quantitative estimate of drug-likeness (QED) is 0.689. The summed E-state index contributed by atoms with van der Waals surface area (Å²) in [4.78, 5) is 11.5. The Kier molecular flexibility index (Phi) is 5.88. The molecule has 1 aromatic rings. The van der Waals surface area contributed by atoms with Crippen LogP contribution in [-0.2, 0) is 15.1 Å². The van der Waals surface area contributed by atoms with Crippen LogP contribution >= 0.6 is 0 Å². The number of carbonyl (C=O) groups excluding carboxylic acids is 1. The normalized spacial score (nSPS) is 14.2. The second-order valence-electron chi connectivity index (χ2n) is 4.33. The number of carbonyl (C=O) groups is 1. The Balaban J connectivity index is 2.25. The van der Waals surface area contributed by atoms with Crippen molar-refractivity contribution >= 4 is 5.91 Å². The van der Waals surface area contributed by atoms with Crippen LogP contribution in [0.3, 0.4) is 0 Å². The van der Waals surface area contributed by atoms with Crippen molar-refractivity contribution in [1.29, 1.82) is 0 Å². The van der Waals surface area contributed by atoms with Gasteiger partial charge in [0.05, 0.1) is 12.8 Å². The van der Waals surface area contributed by atoms with Crippen LogP contribution in [0.5, 0.6) is 0 Å². The van der Waals surface area contributed by atoms with E-state index < -0.39 is 5.60 Å². The Hall–Kier alpha value is -1.33. The zero-order chi connectivity index (χ0) is 13.4. The van der Waals surface area contributed by atoms with E-state index in [2.05, 4.69) is 5.32 Å². The van der Waals surface area contributed by atoms with Gasteiger partial charge in [0.15, 0.2) is 0 Å². The first kappa shape index (κ1) is 14.7. The first-order chi connectivity index (χ1) is 8.56. The molecule has 5 heteroatoms. The molecule has 0 saturated heterocycles. The maximum Gasteiger partial charge on any atom is 0.220 e. The van der Waals surface area contributed by atoms with Crippen LogP contribution in [0.4, 0.5) is 0 Å². The van der Waals surface area contributed by atoms with Gasteiger partial charge in [0.1, 0.15) is 11.4 Å². The van der Waals surface area contributed by atoms with Crippen LogP contribution in [0, 0.1) is 0 Å². The summed E-state index contributed by atoms with van der Waals surface area (Å²) in [7, 11) is 0. The van der Waals surface area contributed by atoms with E-state index in [0.29, 0.717) is 31.8 Å². The molecule has 102 valence electrons. The summed E-state index contributed by atoms with van der Waals surface area (Å²) in [5.74, 6) is 0.346. The Morgan fingerprint density at radius 2 is 2.39 bits per heavy atom. The maximum absolute atomic E-state index is 11.5. The summed E-state index contributed by atoms with van der Waals surface area (Å²) < 4.78 is 10.3. The Labute approximate surface area is 107 Å². The molecule has 0 radical (unpaired) electrons. The van der Waals surface area contributed by atoms with Gasteiger partial charge < -0.3 is 19.6 Å². The number of aliphatic hydroxyl groups is 1. The van der Waals surface area contributed by atoms with E-state index in [9.17, 15) is 9.90 Å². The molecule has 0 aliphatic rings. The van der Waals surface area contributed by atoms with Crippen molar-refractivity contribution in [3.05, 3.63) is 24.2 Å². The number of nitrogens with one attached hydrogen (secondary N) is 1. The van der Waals surface area contributed by atoms with Crippen molar-refractivity contribution in [3.8, 4) is 0 Å². The van der Waals surface area contributed by atoms with Gasteiger partial charge in [-0.3, -0.25) is 4.79 Å². The first-order valence-corrected chi connectivity index (χ1v) is 6.17. The number of furan rings is 1. The molecular weight excluding hydrogens is 234 g/mol. The van der Waals surface area contributed by atoms with Gasteiger partial charge in [0, 0.05) is 19.6 Å². The van der Waals surface area contributed by atoms with Gasteiger partial charge >= 0.3 is 0 Å². The topological polar surface area (TPSA) is 71.7 Å². The summed E-state index contributed by atoms with van der Waals surface area (Å²) in [6, 6.07) is 3.38. The fourth-order valence-electron chi connectivity index (χ4n) is 1.51. The van der Waals surface area contributed by atoms with Gasteiger partial charge in [-0.2, -0.15) is 0 Å². The number of hydrogen-bond acceptors (Lipinski definition) is 4. The van der Waals surface area contributed by atoms with Crippen LogP contribution < -0.4 is 5.32 Å². The van der Waals surface area contributed by atoms with Gasteiger partial charge in [-0.1, -0.05) is 0 Å². The van der Waals surface area contributed by atoms with Crippen molar-refractivity contribution in [2.75, 3.05) is 19.8 Å². The van der Waals surface area contributed by atoms with Gasteiger partial charge in [-0.25, -0.2) is 0 Å². The third kappa shape index (κ3) is 4.89. The van der Waals surface area contributed by atoms with E-state index in [1.54, 1.807) is 19.1 Å². The molecule has 0 bridgehead atoms. The Bertz CT molecular complexity index is 346. The second-order valence-corrected chi connectivity index (χ2v) is 4.33. The lowest BCUT2D eigenvalue weighted by Gasteiger charge is -2.21. The lowest BCUT2D eigenvalue weighted by Crippen LogP contribution is -2.38. The molecule has 5 nitrogen and oxygen atoms in total. The standard InChI is InChI=1S/C13H21NO4/c1-3-17-8-5-7-12(15)14-10-13(2,16)11-6-4-9-18-11/h4,6,9,16H,3,5,7-8,10H2,1-2H3,(H,14,15). The number of amides is 1. The van der Waals surface area contributed by atoms with E-state index in [1.165, 1.54) is 6.26 Å². The van der Waals surface area contributed by atoms with Gasteiger partial charge in [-0.15, -0.1) is 0 Å². The molecule has 1 rings (SSSR count). The van der Waals surface area contributed by atoms with Crippen LogP contribution in [-0.4, -0.2) is 30.8 Å². The average Bonchev–Trinajstić information content (AvgIpc) is 2.87. The van der Waals surface area contributed by atoms with E-state index in [4.69, 9.17) is 9.15 Å². The van der Waals surface area contributed by atoms with Crippen LogP contribution in [0.2, 0.25) is 0 Å². The SMILES string of the molecule is CCOCCCC(=O)NCC(C)(O)c1ccco1. The highest BCUT2D eigenvalue weighted by molar-refractivity contribution is 5.75. The highest BCUT2D eigenvalue weighted by atomic mass is 16.5. The largest absolute Gasteiger partial charge is 0.466 e. The van der Waals surface area contributed by atoms with Crippen LogP contribution in [0.1, 0.15) is 32.4 Å². The fraction of sp³-hybridized carbons (Fsp3) is 0.615. The third-order valence-corrected chi connectivity index (χ3v) is 2.58. The predicted molar refractivity (Wildman–Crippen MR) is 67.0 cm³/mol. The molecule has 0 fully saturated rings. The Morgan fingerprint density at radius 3 is 3.00 bits per heavy atom. The van der Waals surface area contributed by atoms with Crippen molar-refractivity contribution in [2.45, 2.75) is 32.3 Å². The van der Waals surface area contributed by atoms with Crippen molar-refractivity contribution in [1.82, 2.24) is 5.32 Å². The minimum Gasteiger partial charge on any atom is -0.466 e. The predicted octanol–water partition coefficient (Wildman–Crippen LogP) is 1.42. The smallest absolute Gasteiger partial charge is 0.220 e. The van der Waals surface area contributed by atoms with Crippen molar-refractivity contribution in [2.24, 2.45) is 0 Å². The minimum atomic E-state index is -1.18. The van der Waals surface area contributed by atoms with Crippen molar-refractivity contribution in [3.63, 3.8) is 0 Å². The first-order valence-electron chi connectivity index (χ1n) is 6.17. The number of ether oxygens (including phenoxy) is 1. The molecule has 2 N–H and O–H groups in total. The Morgan fingerprint density at radius 1 is 1.61 bits per heavy atom. The molecule has 0 aromatic carbocycles. The van der Waals surface area contributed by atoms with Crippen LogP contribution in [0.25, 0.3) is 0 Å². The van der Waals surface area contributed by atoms with Crippen LogP contribution in [0.15, 0.2) is 22.8 Å². The molecule has 1 unspecified atom stereocenters. The zero-order valence-corrected chi connectivity index (χ0v) is 10.9. The summed E-state index contributed by atoms with van der Waals surface area (Å²) in [5, 5.41) is 12.8. The third-order valence-electron chi connectivity index (χ3n) is 2.58. The van der Waals surface area contributed by atoms with Gasteiger partial charge in [-0.05, 0) is 32.4 Å². The molecule has 1 atom stereocenters. The highest BCUT2D eigenvalue weighted by Crippen LogP contribution is 2.19. The summed E-state index contributed by atoms with van der Waals surface area (Å²) in [6.45, 7) is 4.90. The van der Waals surface area contributed by atoms with E-state index >= 15 is 0 Å². The highest BCUT2D eigenvalue weighted by Gasteiger charge is 2.26. The van der Waals surface area contributed by atoms with E-state index in [0.717, 1.165) is 0 Å². The molecule has 0 aliphatic carbocycles. The molecule has 1 heterocycles. The van der Waals surface area contributed by atoms with Gasteiger partial charge in [0.25, 0.3) is 0 Å². The monoisotopic (exact) mass is 255 g/mol. The summed E-state index contributed by atoms with van der Waals surface area (Å²) in [5.41, 5.74) is -1.18. The minimum absolute atomic E-state index is 0.0958. The molecule has 18 heavy (non-hydrogen) atoms. The number of hydrogen-bond donors (Lipinski definition) is 2. The molecule has 0 spiro atoms. The summed E-state index contributed by atoms with van der Waals surface area (Å²) >= 11 is 0. The lowest BCUT2D eigenvalue weighted by atomic mass is 10.0. The number of rotatable bonds is 8. The average molecular weight is 255 g/mol.